The zero-order chi connectivity index (χ0) is 13.5. The first-order chi connectivity index (χ1) is 8.58. The Morgan fingerprint density at radius 2 is 2.17 bits per heavy atom. The maximum Gasteiger partial charge on any atom is 0.323 e. The normalized spacial score (nSPS) is 22.8. The number of hydrogen-bond acceptors (Lipinski definition) is 3. The van der Waals surface area contributed by atoms with Gasteiger partial charge in [0.1, 0.15) is 6.54 Å². The Bertz CT molecular complexity index is 299. The number of nitrogens with zero attached hydrogens (tertiary/aromatic N) is 1. The van der Waals surface area contributed by atoms with Gasteiger partial charge in [-0.2, -0.15) is 11.8 Å². The summed E-state index contributed by atoms with van der Waals surface area (Å²) in [5, 5.41) is 12.2. The average molecular weight is 274 g/mol. The van der Waals surface area contributed by atoms with Gasteiger partial charge in [-0.05, 0) is 25.5 Å². The summed E-state index contributed by atoms with van der Waals surface area (Å²) in [6.07, 6.45) is 6.06. The number of rotatable bonds is 6. The summed E-state index contributed by atoms with van der Waals surface area (Å²) in [7, 11) is 0. The molecular formula is C12H22N2O3S. The minimum Gasteiger partial charge on any atom is -0.480 e. The van der Waals surface area contributed by atoms with Crippen molar-refractivity contribution >= 4 is 23.8 Å². The zero-order valence-electron chi connectivity index (χ0n) is 11.0. The number of carbonyl (C=O) groups is 2. The second-order valence-electron chi connectivity index (χ2n) is 4.58. The third-order valence-corrected chi connectivity index (χ3v) is 4.34. The van der Waals surface area contributed by atoms with Crippen LogP contribution in [-0.2, 0) is 4.79 Å². The van der Waals surface area contributed by atoms with Gasteiger partial charge in [-0.25, -0.2) is 4.79 Å². The summed E-state index contributed by atoms with van der Waals surface area (Å²) in [6, 6.07) is -0.0640. The van der Waals surface area contributed by atoms with Gasteiger partial charge in [-0.15, -0.1) is 0 Å². The molecule has 5 nitrogen and oxygen atoms in total. The second kappa shape index (κ2) is 7.51. The first-order valence-electron chi connectivity index (χ1n) is 6.38. The van der Waals surface area contributed by atoms with Gasteiger partial charge < -0.3 is 15.3 Å². The molecule has 2 unspecified atom stereocenters. The number of hydrogen-bond donors (Lipinski definition) is 2. The average Bonchev–Trinajstić information content (AvgIpc) is 2.75. The van der Waals surface area contributed by atoms with Gasteiger partial charge in [0.25, 0.3) is 0 Å². The van der Waals surface area contributed by atoms with Crippen LogP contribution in [-0.4, -0.2) is 52.6 Å². The van der Waals surface area contributed by atoms with E-state index in [1.807, 2.05) is 6.92 Å². The SMILES string of the molecule is CCCN(CC(=O)O)C(=O)NC1CCCC1SC. The van der Waals surface area contributed by atoms with Crippen LogP contribution >= 0.6 is 11.8 Å². The maximum absolute atomic E-state index is 12.0. The molecule has 0 aliphatic heterocycles. The minimum absolute atomic E-state index is 0.181. The Labute approximate surface area is 112 Å². The Kier molecular flexibility index (Phi) is 6.32. The lowest BCUT2D eigenvalue weighted by atomic mass is 10.2. The fourth-order valence-corrected chi connectivity index (χ4v) is 3.24. The van der Waals surface area contributed by atoms with E-state index in [2.05, 4.69) is 11.6 Å². The highest BCUT2D eigenvalue weighted by Crippen LogP contribution is 2.28. The monoisotopic (exact) mass is 274 g/mol. The number of thioether (sulfide) groups is 1. The molecular weight excluding hydrogens is 252 g/mol. The highest BCUT2D eigenvalue weighted by Gasteiger charge is 2.29. The van der Waals surface area contributed by atoms with E-state index >= 15 is 0 Å². The van der Waals surface area contributed by atoms with Crippen LogP contribution in [0.4, 0.5) is 4.79 Å². The van der Waals surface area contributed by atoms with Crippen molar-refractivity contribution in [2.75, 3.05) is 19.3 Å². The van der Waals surface area contributed by atoms with Crippen molar-refractivity contribution in [1.82, 2.24) is 10.2 Å². The number of amides is 2. The molecule has 0 aromatic rings. The number of carboxylic acids is 1. The van der Waals surface area contributed by atoms with Crippen molar-refractivity contribution in [2.45, 2.75) is 43.9 Å². The summed E-state index contributed by atoms with van der Waals surface area (Å²) in [5.74, 6) is -0.966. The molecule has 2 atom stereocenters. The molecule has 0 saturated heterocycles. The quantitative estimate of drug-likeness (QED) is 0.774. The van der Waals surface area contributed by atoms with Gasteiger partial charge in [0.05, 0.1) is 0 Å². The molecule has 1 aliphatic rings. The summed E-state index contributed by atoms with van der Waals surface area (Å²) < 4.78 is 0. The van der Waals surface area contributed by atoms with E-state index < -0.39 is 5.97 Å². The van der Waals surface area contributed by atoms with E-state index in [9.17, 15) is 9.59 Å². The number of carboxylic acid groups (broad SMARTS) is 1. The number of urea groups is 1. The fraction of sp³-hybridized carbons (Fsp3) is 0.833. The van der Waals surface area contributed by atoms with Gasteiger partial charge in [-0.1, -0.05) is 13.3 Å². The Morgan fingerprint density at radius 1 is 1.44 bits per heavy atom. The van der Waals surface area contributed by atoms with Crippen LogP contribution in [0, 0.1) is 0 Å². The highest BCUT2D eigenvalue weighted by molar-refractivity contribution is 7.99. The molecule has 0 spiro atoms. The van der Waals surface area contributed by atoms with Crippen LogP contribution < -0.4 is 5.32 Å². The van der Waals surface area contributed by atoms with Crippen LogP contribution in [0.1, 0.15) is 32.6 Å². The number of nitrogens with one attached hydrogen (secondary N) is 1. The first kappa shape index (κ1) is 15.1. The van der Waals surface area contributed by atoms with Crippen LogP contribution in [0.5, 0.6) is 0 Å². The van der Waals surface area contributed by atoms with E-state index in [0.717, 1.165) is 25.7 Å². The Hall–Kier alpha value is -0.910. The third-order valence-electron chi connectivity index (χ3n) is 3.17. The molecule has 2 N–H and O–H groups in total. The molecule has 0 bridgehead atoms. The standard InChI is InChI=1S/C12H22N2O3S/c1-3-7-14(8-11(15)16)12(17)13-9-5-4-6-10(9)18-2/h9-10H,3-8H2,1-2H3,(H,13,17)(H,15,16). The predicted molar refractivity (Wildman–Crippen MR) is 73.0 cm³/mol. The van der Waals surface area contributed by atoms with E-state index in [0.29, 0.717) is 11.8 Å². The predicted octanol–water partition coefficient (Wildman–Crippen LogP) is 1.78. The number of carbonyl (C=O) groups excluding carboxylic acids is 1. The van der Waals surface area contributed by atoms with Gasteiger partial charge in [0, 0.05) is 17.8 Å². The van der Waals surface area contributed by atoms with Gasteiger partial charge >= 0.3 is 12.0 Å². The van der Waals surface area contributed by atoms with Crippen molar-refractivity contribution in [1.29, 1.82) is 0 Å². The first-order valence-corrected chi connectivity index (χ1v) is 7.67. The molecule has 0 aromatic heterocycles. The largest absolute Gasteiger partial charge is 0.480 e. The maximum atomic E-state index is 12.0. The smallest absolute Gasteiger partial charge is 0.323 e. The molecule has 1 rings (SSSR count). The van der Waals surface area contributed by atoms with Gasteiger partial charge in [-0.3, -0.25) is 4.79 Å². The third kappa shape index (κ3) is 4.40. The van der Waals surface area contributed by atoms with Gasteiger partial charge in [0.2, 0.25) is 0 Å². The zero-order valence-corrected chi connectivity index (χ0v) is 11.8. The van der Waals surface area contributed by atoms with Crippen LogP contribution in [0.3, 0.4) is 0 Å². The lowest BCUT2D eigenvalue weighted by molar-refractivity contribution is -0.137. The summed E-state index contributed by atoms with van der Waals surface area (Å²) >= 11 is 1.77. The molecule has 2 amide bonds. The van der Waals surface area contributed by atoms with Crippen molar-refractivity contribution in [3.05, 3.63) is 0 Å². The molecule has 1 aliphatic carbocycles. The summed E-state index contributed by atoms with van der Waals surface area (Å²) in [6.45, 7) is 2.19. The lowest BCUT2D eigenvalue weighted by Gasteiger charge is -2.25. The second-order valence-corrected chi connectivity index (χ2v) is 5.65. The molecule has 104 valence electrons. The lowest BCUT2D eigenvalue weighted by Crippen LogP contribution is -2.48. The molecule has 0 radical (unpaired) electrons. The van der Waals surface area contributed by atoms with Crippen LogP contribution in [0.25, 0.3) is 0 Å². The molecule has 1 saturated carbocycles. The Morgan fingerprint density at radius 3 is 2.72 bits per heavy atom. The van der Waals surface area contributed by atoms with Gasteiger partial charge in [0.15, 0.2) is 0 Å². The van der Waals surface area contributed by atoms with E-state index in [4.69, 9.17) is 5.11 Å². The molecule has 1 fully saturated rings. The van der Waals surface area contributed by atoms with E-state index in [-0.39, 0.29) is 18.6 Å². The fourth-order valence-electron chi connectivity index (χ4n) is 2.31. The number of aliphatic carboxylic acids is 1. The molecule has 0 heterocycles. The topological polar surface area (TPSA) is 69.6 Å². The van der Waals surface area contributed by atoms with Crippen molar-refractivity contribution in [3.8, 4) is 0 Å². The van der Waals surface area contributed by atoms with Crippen molar-refractivity contribution < 1.29 is 14.7 Å². The van der Waals surface area contributed by atoms with Crippen LogP contribution in [0.15, 0.2) is 0 Å². The highest BCUT2D eigenvalue weighted by atomic mass is 32.2. The molecule has 0 aromatic carbocycles. The Balaban J connectivity index is 2.52. The molecule has 18 heavy (non-hydrogen) atoms. The summed E-state index contributed by atoms with van der Waals surface area (Å²) in [4.78, 5) is 24.1. The van der Waals surface area contributed by atoms with Crippen molar-refractivity contribution in [2.24, 2.45) is 0 Å². The van der Waals surface area contributed by atoms with E-state index in [1.165, 1.54) is 4.90 Å². The minimum atomic E-state index is -0.966. The molecule has 6 heteroatoms. The van der Waals surface area contributed by atoms with Crippen LogP contribution in [0.2, 0.25) is 0 Å². The summed E-state index contributed by atoms with van der Waals surface area (Å²) in [5.41, 5.74) is 0. The van der Waals surface area contributed by atoms with Crippen molar-refractivity contribution in [3.63, 3.8) is 0 Å². The van der Waals surface area contributed by atoms with E-state index in [1.54, 1.807) is 11.8 Å².